The van der Waals surface area contributed by atoms with Crippen molar-refractivity contribution in [1.82, 2.24) is 0 Å². The zero-order valence-electron chi connectivity index (χ0n) is 13.3. The number of anilines is 1. The fourth-order valence-corrected chi connectivity index (χ4v) is 3.72. The van der Waals surface area contributed by atoms with E-state index in [0.717, 1.165) is 28.8 Å². The van der Waals surface area contributed by atoms with E-state index >= 15 is 0 Å². The lowest BCUT2D eigenvalue weighted by atomic mass is 10.1. The molecule has 0 aliphatic carbocycles. The predicted molar refractivity (Wildman–Crippen MR) is 100 cm³/mol. The highest BCUT2D eigenvalue weighted by Gasteiger charge is 2.36. The van der Waals surface area contributed by atoms with Gasteiger partial charge in [-0.3, -0.25) is 19.8 Å². The first kappa shape index (κ1) is 19.1. The van der Waals surface area contributed by atoms with Gasteiger partial charge in [0.15, 0.2) is 4.32 Å². The average Bonchev–Trinajstić information content (AvgIpc) is 2.88. The van der Waals surface area contributed by atoms with Gasteiger partial charge in [0.2, 0.25) is 0 Å². The van der Waals surface area contributed by atoms with Gasteiger partial charge in [0.05, 0.1) is 26.6 Å². The second-order valence-corrected chi connectivity index (χ2v) is 7.06. The highest BCUT2D eigenvalue weighted by Crippen LogP contribution is 2.39. The Morgan fingerprint density at radius 2 is 1.85 bits per heavy atom. The van der Waals surface area contributed by atoms with E-state index in [2.05, 4.69) is 0 Å². The number of benzene rings is 2. The molecular weight excluding hydrogens is 401 g/mol. The first-order valence-corrected chi connectivity index (χ1v) is 8.59. The van der Waals surface area contributed by atoms with Crippen molar-refractivity contribution in [2.24, 2.45) is 0 Å². The smallest absolute Gasteiger partial charge is 0.268 e. The third-order valence-electron chi connectivity index (χ3n) is 3.65. The van der Waals surface area contributed by atoms with Gasteiger partial charge >= 0.3 is 6.18 Å². The van der Waals surface area contributed by atoms with Crippen molar-refractivity contribution in [3.63, 3.8) is 0 Å². The molecular formula is C17H9F3N2O3S2. The van der Waals surface area contributed by atoms with Crippen molar-refractivity contribution in [2.75, 3.05) is 4.90 Å². The van der Waals surface area contributed by atoms with Gasteiger partial charge in [0.25, 0.3) is 11.6 Å². The molecule has 10 heteroatoms. The van der Waals surface area contributed by atoms with Crippen molar-refractivity contribution in [2.45, 2.75) is 6.18 Å². The van der Waals surface area contributed by atoms with E-state index in [1.807, 2.05) is 0 Å². The SMILES string of the molecule is O=C1/C(=C\c2ccccc2[N+](=O)[O-])SC(=S)N1c1cccc(C(F)(F)F)c1. The Balaban J connectivity index is 1.98. The fraction of sp³-hybridized carbons (Fsp3) is 0.0588. The lowest BCUT2D eigenvalue weighted by Gasteiger charge is -2.16. The Bertz CT molecular complexity index is 989. The van der Waals surface area contributed by atoms with Crippen molar-refractivity contribution in [3.05, 3.63) is 74.7 Å². The summed E-state index contributed by atoms with van der Waals surface area (Å²) < 4.78 is 38.8. The number of nitro groups is 1. The zero-order chi connectivity index (χ0) is 19.8. The molecule has 0 atom stereocenters. The largest absolute Gasteiger partial charge is 0.416 e. The molecule has 1 saturated heterocycles. The molecule has 0 spiro atoms. The van der Waals surface area contributed by atoms with Gasteiger partial charge in [-0.25, -0.2) is 0 Å². The average molecular weight is 410 g/mol. The highest BCUT2D eigenvalue weighted by atomic mass is 32.2. The van der Waals surface area contributed by atoms with Gasteiger partial charge in [-0.15, -0.1) is 0 Å². The summed E-state index contributed by atoms with van der Waals surface area (Å²) in [5.74, 6) is -0.637. The molecule has 1 fully saturated rings. The van der Waals surface area contributed by atoms with Crippen LogP contribution in [0.15, 0.2) is 53.4 Å². The lowest BCUT2D eigenvalue weighted by Crippen LogP contribution is -2.27. The molecule has 0 unspecified atom stereocenters. The number of thiocarbonyl (C=S) groups is 1. The second kappa shape index (κ2) is 7.12. The minimum Gasteiger partial charge on any atom is -0.268 e. The van der Waals surface area contributed by atoms with Gasteiger partial charge in [0.1, 0.15) is 0 Å². The number of para-hydroxylation sites is 1. The van der Waals surface area contributed by atoms with Crippen LogP contribution in [-0.2, 0) is 11.0 Å². The van der Waals surface area contributed by atoms with E-state index in [0.29, 0.717) is 0 Å². The number of carbonyl (C=O) groups excluding carboxylic acids is 1. The van der Waals surface area contributed by atoms with E-state index in [1.165, 1.54) is 36.4 Å². The molecule has 0 radical (unpaired) electrons. The van der Waals surface area contributed by atoms with Gasteiger partial charge < -0.3 is 0 Å². The summed E-state index contributed by atoms with van der Waals surface area (Å²) in [7, 11) is 0. The molecule has 5 nitrogen and oxygen atoms in total. The van der Waals surface area contributed by atoms with Crippen LogP contribution in [0.5, 0.6) is 0 Å². The molecule has 0 aromatic heterocycles. The number of thioether (sulfide) groups is 1. The van der Waals surface area contributed by atoms with E-state index in [4.69, 9.17) is 12.2 Å². The number of nitrogens with zero attached hydrogens (tertiary/aromatic N) is 2. The van der Waals surface area contributed by atoms with Crippen LogP contribution in [-0.4, -0.2) is 15.2 Å². The number of halogens is 3. The topological polar surface area (TPSA) is 63.4 Å². The number of alkyl halides is 3. The van der Waals surface area contributed by atoms with Crippen LogP contribution in [0.4, 0.5) is 24.5 Å². The third kappa shape index (κ3) is 3.86. The molecule has 2 aromatic carbocycles. The summed E-state index contributed by atoms with van der Waals surface area (Å²) in [6.07, 6.45) is -3.25. The standard InChI is InChI=1S/C17H9F3N2O3S2/c18-17(19,20)11-5-3-6-12(9-11)21-15(23)14(27-16(21)26)8-10-4-1-2-7-13(10)22(24)25/h1-9H/b14-8+. The molecule has 0 N–H and O–H groups in total. The van der Waals surface area contributed by atoms with E-state index < -0.39 is 22.6 Å². The summed E-state index contributed by atoms with van der Waals surface area (Å²) in [6.45, 7) is 0. The normalized spacial score (nSPS) is 16.3. The van der Waals surface area contributed by atoms with Gasteiger partial charge in [-0.05, 0) is 30.3 Å². The number of amides is 1. The monoisotopic (exact) mass is 410 g/mol. The van der Waals surface area contributed by atoms with Crippen molar-refractivity contribution >= 4 is 51.7 Å². The summed E-state index contributed by atoms with van der Waals surface area (Å²) in [5.41, 5.74) is -0.913. The maximum Gasteiger partial charge on any atom is 0.416 e. The molecule has 1 aliphatic rings. The van der Waals surface area contributed by atoms with E-state index in [9.17, 15) is 28.1 Å². The van der Waals surface area contributed by atoms with Crippen LogP contribution >= 0.6 is 24.0 Å². The van der Waals surface area contributed by atoms with Crippen LogP contribution in [0.2, 0.25) is 0 Å². The number of hydrogen-bond acceptors (Lipinski definition) is 5. The molecule has 1 amide bonds. The van der Waals surface area contributed by atoms with Crippen molar-refractivity contribution in [1.29, 1.82) is 0 Å². The van der Waals surface area contributed by atoms with E-state index in [1.54, 1.807) is 6.07 Å². The van der Waals surface area contributed by atoms with Crippen molar-refractivity contribution < 1.29 is 22.9 Å². The van der Waals surface area contributed by atoms with Gasteiger partial charge in [-0.2, -0.15) is 13.2 Å². The Labute approximate surface area is 160 Å². The number of nitro benzene ring substituents is 1. The Morgan fingerprint density at radius 1 is 1.15 bits per heavy atom. The number of hydrogen-bond donors (Lipinski definition) is 0. The minimum absolute atomic E-state index is 0.0155. The van der Waals surface area contributed by atoms with Gasteiger partial charge in [0, 0.05) is 6.07 Å². The fourth-order valence-electron chi connectivity index (χ4n) is 2.43. The lowest BCUT2D eigenvalue weighted by molar-refractivity contribution is -0.385. The van der Waals surface area contributed by atoms with Crippen LogP contribution < -0.4 is 4.90 Å². The Kier molecular flexibility index (Phi) is 5.03. The molecule has 1 aliphatic heterocycles. The maximum absolute atomic E-state index is 12.9. The second-order valence-electron chi connectivity index (χ2n) is 5.38. The van der Waals surface area contributed by atoms with Crippen LogP contribution in [0, 0.1) is 10.1 Å². The molecule has 3 rings (SSSR count). The first-order valence-electron chi connectivity index (χ1n) is 7.37. The predicted octanol–water partition coefficient (Wildman–Crippen LogP) is 5.02. The number of carbonyl (C=O) groups is 1. The Morgan fingerprint density at radius 3 is 2.52 bits per heavy atom. The molecule has 0 saturated carbocycles. The molecule has 2 aromatic rings. The molecule has 0 bridgehead atoms. The quantitative estimate of drug-likeness (QED) is 0.308. The number of rotatable bonds is 3. The third-order valence-corrected chi connectivity index (χ3v) is 4.95. The summed E-state index contributed by atoms with van der Waals surface area (Å²) in [4.78, 5) is 24.2. The maximum atomic E-state index is 12.9. The first-order chi connectivity index (χ1) is 12.7. The summed E-state index contributed by atoms with van der Waals surface area (Å²) >= 11 is 6.00. The molecule has 138 valence electrons. The van der Waals surface area contributed by atoms with Crippen LogP contribution in [0.3, 0.4) is 0 Å². The summed E-state index contributed by atoms with van der Waals surface area (Å²) in [6, 6.07) is 10.1. The summed E-state index contributed by atoms with van der Waals surface area (Å²) in [5, 5.41) is 11.1. The Hall–Kier alpha value is -2.72. The highest BCUT2D eigenvalue weighted by molar-refractivity contribution is 8.27. The van der Waals surface area contributed by atoms with Crippen LogP contribution in [0.25, 0.3) is 6.08 Å². The van der Waals surface area contributed by atoms with E-state index in [-0.39, 0.29) is 26.2 Å². The van der Waals surface area contributed by atoms with Gasteiger partial charge in [-0.1, -0.05) is 42.2 Å². The zero-order valence-corrected chi connectivity index (χ0v) is 14.9. The minimum atomic E-state index is -4.56. The van der Waals surface area contributed by atoms with Crippen molar-refractivity contribution in [3.8, 4) is 0 Å². The molecule has 1 heterocycles. The van der Waals surface area contributed by atoms with Crippen LogP contribution in [0.1, 0.15) is 11.1 Å². The molecule has 27 heavy (non-hydrogen) atoms.